The lowest BCUT2D eigenvalue weighted by molar-refractivity contribution is -0.122. The number of ether oxygens (including phenoxy) is 1. The average Bonchev–Trinajstić information content (AvgIpc) is 3.35. The van der Waals surface area contributed by atoms with Crippen molar-refractivity contribution in [3.8, 4) is 17.1 Å². The average molecular weight is 412 g/mol. The highest BCUT2D eigenvalue weighted by molar-refractivity contribution is 6.30. The van der Waals surface area contributed by atoms with Gasteiger partial charge in [0.25, 0.3) is 0 Å². The van der Waals surface area contributed by atoms with Crippen LogP contribution in [-0.4, -0.2) is 40.7 Å². The molecule has 0 unspecified atom stereocenters. The van der Waals surface area contributed by atoms with Crippen LogP contribution in [0.25, 0.3) is 11.4 Å². The number of H-pyrrole nitrogens is 1. The van der Waals surface area contributed by atoms with Crippen LogP contribution in [0.4, 0.5) is 11.6 Å². The molecule has 9 heteroatoms. The fourth-order valence-corrected chi connectivity index (χ4v) is 3.29. The molecule has 2 aromatic carbocycles. The second-order valence-corrected chi connectivity index (χ2v) is 7.04. The van der Waals surface area contributed by atoms with Crippen molar-refractivity contribution in [2.24, 2.45) is 5.92 Å². The Morgan fingerprint density at radius 2 is 1.93 bits per heavy atom. The van der Waals surface area contributed by atoms with E-state index in [0.29, 0.717) is 23.1 Å². The summed E-state index contributed by atoms with van der Waals surface area (Å²) >= 11 is 5.89. The Morgan fingerprint density at radius 3 is 2.62 bits per heavy atom. The maximum atomic E-state index is 12.6. The van der Waals surface area contributed by atoms with Gasteiger partial charge in [-0.2, -0.15) is 4.98 Å². The number of hydrogen-bond acceptors (Lipinski definition) is 5. The molecule has 1 saturated heterocycles. The minimum atomic E-state index is -0.484. The van der Waals surface area contributed by atoms with E-state index in [9.17, 15) is 9.59 Å². The number of hydrogen-bond donors (Lipinski definition) is 2. The first-order valence-electron chi connectivity index (χ1n) is 8.97. The summed E-state index contributed by atoms with van der Waals surface area (Å²) in [5, 5.41) is 10.1. The predicted molar refractivity (Wildman–Crippen MR) is 109 cm³/mol. The standard InChI is InChI=1S/C20H18ClN5O3/c1-29-16-8-6-15(7-9-16)26-11-13(10-17(26)27)19(28)23-20-22-18(24-25-20)12-2-4-14(21)5-3-12/h2-9,13H,10-11H2,1H3,(H2,22,23,24,25,28)/t13-/m1/s1. The molecule has 8 nitrogen and oxygen atoms in total. The van der Waals surface area contributed by atoms with Crippen molar-refractivity contribution in [3.05, 3.63) is 53.6 Å². The van der Waals surface area contributed by atoms with Crippen molar-refractivity contribution < 1.29 is 14.3 Å². The second kappa shape index (κ2) is 7.92. The van der Waals surface area contributed by atoms with Crippen molar-refractivity contribution in [2.45, 2.75) is 6.42 Å². The molecule has 2 heterocycles. The zero-order valence-electron chi connectivity index (χ0n) is 15.6. The monoisotopic (exact) mass is 411 g/mol. The molecule has 1 aromatic heterocycles. The number of carbonyl (C=O) groups is 2. The number of benzene rings is 2. The van der Waals surface area contributed by atoms with Gasteiger partial charge >= 0.3 is 0 Å². The van der Waals surface area contributed by atoms with E-state index in [1.807, 2.05) is 0 Å². The van der Waals surface area contributed by atoms with Crippen LogP contribution < -0.4 is 15.0 Å². The Morgan fingerprint density at radius 1 is 1.21 bits per heavy atom. The van der Waals surface area contributed by atoms with Gasteiger partial charge in [-0.1, -0.05) is 11.6 Å². The van der Waals surface area contributed by atoms with Crippen LogP contribution in [-0.2, 0) is 9.59 Å². The number of carbonyl (C=O) groups excluding carboxylic acids is 2. The summed E-state index contributed by atoms with van der Waals surface area (Å²) < 4.78 is 5.13. The van der Waals surface area contributed by atoms with Gasteiger partial charge in [-0.3, -0.25) is 20.0 Å². The maximum absolute atomic E-state index is 12.6. The molecule has 148 valence electrons. The highest BCUT2D eigenvalue weighted by Gasteiger charge is 2.35. The number of methoxy groups -OCH3 is 1. The molecule has 1 fully saturated rings. The summed E-state index contributed by atoms with van der Waals surface area (Å²) in [4.78, 5) is 30.9. The summed E-state index contributed by atoms with van der Waals surface area (Å²) in [5.74, 6) is 0.496. The summed E-state index contributed by atoms with van der Waals surface area (Å²) in [6, 6.07) is 14.2. The largest absolute Gasteiger partial charge is 0.497 e. The molecule has 3 aromatic rings. The lowest BCUT2D eigenvalue weighted by atomic mass is 10.1. The van der Waals surface area contributed by atoms with Gasteiger partial charge in [0.2, 0.25) is 17.8 Å². The number of rotatable bonds is 5. The second-order valence-electron chi connectivity index (χ2n) is 6.61. The zero-order chi connectivity index (χ0) is 20.4. The van der Waals surface area contributed by atoms with E-state index in [1.165, 1.54) is 0 Å². The molecular weight excluding hydrogens is 394 g/mol. The number of aromatic amines is 1. The van der Waals surface area contributed by atoms with Crippen LogP contribution in [0.1, 0.15) is 6.42 Å². The first-order valence-corrected chi connectivity index (χ1v) is 9.35. The Bertz CT molecular complexity index is 1030. The predicted octanol–water partition coefficient (Wildman–Crippen LogP) is 3.13. The Balaban J connectivity index is 1.41. The van der Waals surface area contributed by atoms with Crippen LogP contribution in [0, 0.1) is 5.92 Å². The van der Waals surface area contributed by atoms with Crippen molar-refractivity contribution in [1.29, 1.82) is 0 Å². The summed E-state index contributed by atoms with van der Waals surface area (Å²) in [6.07, 6.45) is 0.131. The molecule has 0 aliphatic carbocycles. The molecule has 0 saturated carbocycles. The normalized spacial score (nSPS) is 16.1. The first kappa shape index (κ1) is 18.9. The van der Waals surface area contributed by atoms with Gasteiger partial charge in [-0.05, 0) is 48.5 Å². The van der Waals surface area contributed by atoms with Gasteiger partial charge in [0.15, 0.2) is 5.82 Å². The van der Waals surface area contributed by atoms with Gasteiger partial charge < -0.3 is 9.64 Å². The molecule has 1 aliphatic rings. The molecular formula is C20H18ClN5O3. The van der Waals surface area contributed by atoms with E-state index in [0.717, 1.165) is 11.3 Å². The third-order valence-electron chi connectivity index (χ3n) is 4.72. The highest BCUT2D eigenvalue weighted by Crippen LogP contribution is 2.27. The number of nitrogens with zero attached hydrogens (tertiary/aromatic N) is 3. The van der Waals surface area contributed by atoms with E-state index in [2.05, 4.69) is 20.5 Å². The number of halogens is 1. The van der Waals surface area contributed by atoms with Crippen LogP contribution in [0.15, 0.2) is 48.5 Å². The van der Waals surface area contributed by atoms with Gasteiger partial charge in [-0.25, -0.2) is 0 Å². The van der Waals surface area contributed by atoms with E-state index in [4.69, 9.17) is 16.3 Å². The van der Waals surface area contributed by atoms with E-state index in [-0.39, 0.29) is 24.2 Å². The molecule has 0 bridgehead atoms. The van der Waals surface area contributed by atoms with Crippen LogP contribution in [0.5, 0.6) is 5.75 Å². The Kier molecular flexibility index (Phi) is 5.18. The lowest BCUT2D eigenvalue weighted by Gasteiger charge is -2.16. The minimum Gasteiger partial charge on any atom is -0.497 e. The molecule has 0 spiro atoms. The lowest BCUT2D eigenvalue weighted by Crippen LogP contribution is -2.28. The maximum Gasteiger partial charge on any atom is 0.249 e. The van der Waals surface area contributed by atoms with Crippen LogP contribution in [0.2, 0.25) is 5.02 Å². The summed E-state index contributed by atoms with van der Waals surface area (Å²) in [6.45, 7) is 0.297. The molecule has 2 N–H and O–H groups in total. The first-order chi connectivity index (χ1) is 14.0. The van der Waals surface area contributed by atoms with Gasteiger partial charge in [0.1, 0.15) is 5.75 Å². The molecule has 0 radical (unpaired) electrons. The molecule has 2 amide bonds. The molecule has 1 atom stereocenters. The number of nitrogens with one attached hydrogen (secondary N) is 2. The highest BCUT2D eigenvalue weighted by atomic mass is 35.5. The fourth-order valence-electron chi connectivity index (χ4n) is 3.16. The number of anilines is 2. The van der Waals surface area contributed by atoms with E-state index in [1.54, 1.807) is 60.5 Å². The third-order valence-corrected chi connectivity index (χ3v) is 4.97. The summed E-state index contributed by atoms with van der Waals surface area (Å²) in [7, 11) is 1.58. The topological polar surface area (TPSA) is 100 Å². The smallest absolute Gasteiger partial charge is 0.249 e. The van der Waals surface area contributed by atoms with E-state index >= 15 is 0 Å². The fraction of sp³-hybridized carbons (Fsp3) is 0.200. The van der Waals surface area contributed by atoms with Crippen LogP contribution >= 0.6 is 11.6 Å². The third kappa shape index (κ3) is 4.07. The van der Waals surface area contributed by atoms with Crippen molar-refractivity contribution >= 4 is 35.1 Å². The van der Waals surface area contributed by atoms with Gasteiger partial charge in [-0.15, -0.1) is 5.10 Å². The number of amides is 2. The minimum absolute atomic E-state index is 0.104. The van der Waals surface area contributed by atoms with E-state index < -0.39 is 5.92 Å². The molecule has 4 rings (SSSR count). The molecule has 29 heavy (non-hydrogen) atoms. The quantitative estimate of drug-likeness (QED) is 0.671. The van der Waals surface area contributed by atoms with Gasteiger partial charge in [0.05, 0.1) is 13.0 Å². The Labute approximate surface area is 171 Å². The zero-order valence-corrected chi connectivity index (χ0v) is 16.3. The van der Waals surface area contributed by atoms with Crippen molar-refractivity contribution in [2.75, 3.05) is 23.9 Å². The number of aromatic nitrogens is 3. The van der Waals surface area contributed by atoms with Gasteiger partial charge in [0, 0.05) is 29.2 Å². The van der Waals surface area contributed by atoms with Crippen LogP contribution in [0.3, 0.4) is 0 Å². The molecule has 1 aliphatic heterocycles. The SMILES string of the molecule is COc1ccc(N2C[C@H](C(=O)Nc3n[nH]c(-c4ccc(Cl)cc4)n3)CC2=O)cc1. The van der Waals surface area contributed by atoms with Crippen molar-refractivity contribution in [3.63, 3.8) is 0 Å². The summed E-state index contributed by atoms with van der Waals surface area (Å²) in [5.41, 5.74) is 1.53. The Hall–Kier alpha value is -3.39. The van der Waals surface area contributed by atoms with Crippen molar-refractivity contribution in [1.82, 2.24) is 15.2 Å².